The quantitative estimate of drug-likeness (QED) is 0.135. The summed E-state index contributed by atoms with van der Waals surface area (Å²) in [5, 5.41) is 22.5. The van der Waals surface area contributed by atoms with E-state index >= 15 is 0 Å². The van der Waals surface area contributed by atoms with Gasteiger partial charge in [-0.1, -0.05) is 39.3 Å². The van der Waals surface area contributed by atoms with Crippen molar-refractivity contribution in [1.82, 2.24) is 44.6 Å². The number of likely N-dealkylation sites (tertiary alicyclic amines) is 1. The molecule has 2 saturated heterocycles. The molecule has 4 aliphatic heterocycles. The van der Waals surface area contributed by atoms with Crippen LogP contribution in [0.1, 0.15) is 117 Å². The molecule has 71 heavy (non-hydrogen) atoms. The van der Waals surface area contributed by atoms with E-state index in [0.717, 1.165) is 99.6 Å². The zero-order valence-electron chi connectivity index (χ0n) is 41.5. The molecular weight excluding hydrogens is 926 g/mol. The average molecular weight is 990 g/mol. The Hall–Kier alpha value is -6.12. The summed E-state index contributed by atoms with van der Waals surface area (Å²) in [6, 6.07) is 10.7. The zero-order chi connectivity index (χ0) is 49.9. The Labute approximate surface area is 419 Å². The van der Waals surface area contributed by atoms with Gasteiger partial charge in [0.25, 0.3) is 12.3 Å². The predicted molar refractivity (Wildman–Crippen MR) is 267 cm³/mol. The second-order valence-corrected chi connectivity index (χ2v) is 21.9. The number of alkyl halides is 2. The number of piperidine rings is 2. The highest BCUT2D eigenvalue weighted by Gasteiger charge is 2.64. The van der Waals surface area contributed by atoms with Crippen LogP contribution in [0.2, 0.25) is 5.02 Å². The molecule has 1 N–H and O–H groups in total. The third-order valence-electron chi connectivity index (χ3n) is 16.0. The van der Waals surface area contributed by atoms with Crippen LogP contribution >= 0.6 is 11.6 Å². The number of carbonyl (C=O) groups excluding carboxylic acids is 2. The van der Waals surface area contributed by atoms with Crippen LogP contribution in [0.25, 0.3) is 11.1 Å². The molecule has 5 aromatic rings. The van der Waals surface area contributed by atoms with E-state index in [9.17, 15) is 23.6 Å². The Morgan fingerprint density at radius 3 is 2.34 bits per heavy atom. The van der Waals surface area contributed by atoms with Gasteiger partial charge in [-0.05, 0) is 79.8 Å². The van der Waals surface area contributed by atoms with Crippen molar-refractivity contribution in [2.45, 2.75) is 111 Å². The second kappa shape index (κ2) is 19.1. The molecule has 3 aromatic heterocycles. The number of carbonyl (C=O) groups is 2. The molecule has 2 amide bonds. The fourth-order valence-corrected chi connectivity index (χ4v) is 12.7. The van der Waals surface area contributed by atoms with E-state index < -0.39 is 17.3 Å². The number of nitrogens with zero attached hydrogens (tertiary/aromatic N) is 11. The first-order valence-electron chi connectivity index (χ1n) is 25.0. The van der Waals surface area contributed by atoms with E-state index in [4.69, 9.17) is 21.4 Å². The highest BCUT2D eigenvalue weighted by molar-refractivity contribution is 6.31. The van der Waals surface area contributed by atoms with Crippen LogP contribution in [0, 0.1) is 28.1 Å². The first-order chi connectivity index (χ1) is 34.0. The molecule has 18 heteroatoms. The molecule has 1 aliphatic carbocycles. The summed E-state index contributed by atoms with van der Waals surface area (Å²) < 4.78 is 39.8. The lowest BCUT2D eigenvalue weighted by atomic mass is 9.49. The fraction of sp³-hybridized carbons (Fsp3) is 0.528. The van der Waals surface area contributed by atoms with E-state index in [0.29, 0.717) is 70.9 Å². The predicted octanol–water partition coefficient (Wildman–Crippen LogP) is 8.69. The van der Waals surface area contributed by atoms with Crippen LogP contribution in [-0.4, -0.2) is 109 Å². The van der Waals surface area contributed by atoms with E-state index in [2.05, 4.69) is 73.5 Å². The molecule has 5 aliphatic rings. The van der Waals surface area contributed by atoms with Crippen molar-refractivity contribution >= 4 is 40.9 Å². The van der Waals surface area contributed by atoms with Gasteiger partial charge in [0, 0.05) is 136 Å². The largest absolute Gasteiger partial charge is 0.489 e. The first kappa shape index (κ1) is 48.5. The van der Waals surface area contributed by atoms with Gasteiger partial charge in [0.05, 0.1) is 34.9 Å². The van der Waals surface area contributed by atoms with Gasteiger partial charge in [-0.15, -0.1) is 0 Å². The summed E-state index contributed by atoms with van der Waals surface area (Å²) in [6.07, 6.45) is 10.1. The maximum atomic E-state index is 14.8. The van der Waals surface area contributed by atoms with Crippen molar-refractivity contribution in [2.24, 2.45) is 23.8 Å². The summed E-state index contributed by atoms with van der Waals surface area (Å²) in [4.78, 5) is 44.4. The van der Waals surface area contributed by atoms with Crippen LogP contribution < -0.4 is 19.9 Å². The Bertz CT molecular complexity index is 2840. The third-order valence-corrected chi connectivity index (χ3v) is 16.3. The number of fused-ring (bicyclic) bond motifs is 2. The zero-order valence-corrected chi connectivity index (χ0v) is 42.2. The molecule has 3 fully saturated rings. The third kappa shape index (κ3) is 9.22. The Morgan fingerprint density at radius 2 is 1.69 bits per heavy atom. The van der Waals surface area contributed by atoms with Gasteiger partial charge < -0.3 is 29.7 Å². The molecule has 1 saturated carbocycles. The van der Waals surface area contributed by atoms with Crippen molar-refractivity contribution in [1.29, 1.82) is 5.26 Å². The molecule has 0 atom stereocenters. The minimum absolute atomic E-state index is 0.0151. The SMILES string of the molecule is CC(=O)N1CCc2c(c(N3CCCc4cc(-c5cnn(C)c5)c(C(F)F)cc43)nn2C2CCN(CC3CCN(c4ncc(C(=O)NC5C(C)(C)C(Oc6ccc(C#N)c(Cl)c6)C5(C)C)cn4)CC3)CC2)C1. The smallest absolute Gasteiger partial charge is 0.264 e. The van der Waals surface area contributed by atoms with Crippen molar-refractivity contribution in [3.05, 3.63) is 93.7 Å². The van der Waals surface area contributed by atoms with Gasteiger partial charge in [-0.25, -0.2) is 18.7 Å². The summed E-state index contributed by atoms with van der Waals surface area (Å²) >= 11 is 6.28. The number of hydrogen-bond acceptors (Lipinski definition) is 11. The van der Waals surface area contributed by atoms with Crippen molar-refractivity contribution in [2.75, 3.05) is 55.6 Å². The van der Waals surface area contributed by atoms with Gasteiger partial charge >= 0.3 is 0 Å². The van der Waals surface area contributed by atoms with Gasteiger partial charge in [0.2, 0.25) is 11.9 Å². The minimum atomic E-state index is -2.66. The van der Waals surface area contributed by atoms with E-state index in [1.807, 2.05) is 11.0 Å². The average Bonchev–Trinajstić information content (AvgIpc) is 3.98. The molecular formula is C53H63ClF2N12O3. The lowest BCUT2D eigenvalue weighted by molar-refractivity contribution is -0.164. The maximum Gasteiger partial charge on any atom is 0.264 e. The lowest BCUT2D eigenvalue weighted by Gasteiger charge is -2.63. The maximum absolute atomic E-state index is 14.8. The number of aromatic nitrogens is 6. The topological polar surface area (TPSA) is 154 Å². The van der Waals surface area contributed by atoms with Gasteiger partial charge in [0.1, 0.15) is 17.9 Å². The number of nitrogens with one attached hydrogen (secondary N) is 1. The Balaban J connectivity index is 0.745. The highest BCUT2D eigenvalue weighted by atomic mass is 35.5. The number of hydrogen-bond donors (Lipinski definition) is 1. The number of halogens is 3. The molecule has 0 radical (unpaired) electrons. The summed E-state index contributed by atoms with van der Waals surface area (Å²) in [5.41, 5.74) is 5.15. The molecule has 0 spiro atoms. The summed E-state index contributed by atoms with van der Waals surface area (Å²) in [5.74, 6) is 2.33. The second-order valence-electron chi connectivity index (χ2n) is 21.4. The first-order valence-corrected chi connectivity index (χ1v) is 25.4. The summed E-state index contributed by atoms with van der Waals surface area (Å²) in [7, 11) is 1.79. The molecule has 374 valence electrons. The molecule has 10 rings (SSSR count). The number of amides is 2. The van der Waals surface area contributed by atoms with Crippen LogP contribution in [0.5, 0.6) is 5.75 Å². The molecule has 2 aromatic carbocycles. The lowest BCUT2D eigenvalue weighted by Crippen LogP contribution is -2.74. The molecule has 15 nitrogen and oxygen atoms in total. The molecule has 7 heterocycles. The van der Waals surface area contributed by atoms with Gasteiger partial charge in [-0.2, -0.15) is 15.5 Å². The van der Waals surface area contributed by atoms with E-state index in [-0.39, 0.29) is 35.6 Å². The van der Waals surface area contributed by atoms with Crippen LogP contribution in [0.3, 0.4) is 0 Å². The highest BCUT2D eigenvalue weighted by Crippen LogP contribution is 2.56. The number of anilines is 3. The number of rotatable bonds is 11. The normalized spacial score (nSPS) is 21.3. The molecule has 0 bridgehead atoms. The van der Waals surface area contributed by atoms with Crippen molar-refractivity contribution < 1.29 is 23.1 Å². The fourth-order valence-electron chi connectivity index (χ4n) is 12.5. The van der Waals surface area contributed by atoms with Gasteiger partial charge in [-0.3, -0.25) is 19.0 Å². The minimum Gasteiger partial charge on any atom is -0.489 e. The Morgan fingerprint density at radius 1 is 0.958 bits per heavy atom. The number of benzene rings is 2. The van der Waals surface area contributed by atoms with Gasteiger partial charge in [0.15, 0.2) is 5.82 Å². The monoisotopic (exact) mass is 988 g/mol. The number of aryl methyl sites for hydroxylation is 2. The van der Waals surface area contributed by atoms with Crippen LogP contribution in [0.4, 0.5) is 26.2 Å². The van der Waals surface area contributed by atoms with E-state index in [1.54, 1.807) is 67.7 Å². The molecule has 0 unspecified atom stereocenters. The summed E-state index contributed by atoms with van der Waals surface area (Å²) in [6.45, 7) is 16.3. The van der Waals surface area contributed by atoms with Crippen LogP contribution in [0.15, 0.2) is 55.1 Å². The standard InChI is InChI=1S/C53H63ClF2N12O3/c1-32(69)66-21-15-44-42(31-66)47(67-16-7-8-34-22-40(37-28-60-63(6)30-37)41(46(55)56)24-45(34)67)62-68(44)38-13-17-64(18-14-38)29-33-11-19-65(20-12-33)51-58-26-36(27-59-51)48(70)61-49-52(2,3)50(53(49,4)5)71-39-10-9-35(25-57)43(54)23-39/h9-10,22-24,26-28,30,33,38,46,49-50H,7-8,11-21,29,31H2,1-6H3,(H,61,70). The van der Waals surface area contributed by atoms with Crippen molar-refractivity contribution in [3.8, 4) is 22.9 Å². The van der Waals surface area contributed by atoms with Crippen LogP contribution in [-0.2, 0) is 31.2 Å². The van der Waals surface area contributed by atoms with Crippen molar-refractivity contribution in [3.63, 3.8) is 0 Å². The van der Waals surface area contributed by atoms with E-state index in [1.165, 1.54) is 0 Å². The number of nitriles is 1. The Kier molecular flexibility index (Phi) is 13.1. The number of ether oxygens (including phenoxy) is 1.